The second kappa shape index (κ2) is 15.4. The number of hydrogen-bond donors (Lipinski definition) is 4. The number of aliphatic hydroxyl groups excluding tert-OH is 1. The molecule has 0 bridgehead atoms. The van der Waals surface area contributed by atoms with Crippen molar-refractivity contribution in [2.24, 2.45) is 5.92 Å². The highest BCUT2D eigenvalue weighted by Crippen LogP contribution is 2.44. The maximum absolute atomic E-state index is 12.3. The van der Waals surface area contributed by atoms with Crippen LogP contribution in [-0.2, 0) is 9.53 Å². The minimum atomic E-state index is -1.18. The van der Waals surface area contributed by atoms with Gasteiger partial charge >= 0.3 is 12.1 Å². The molecule has 2 aromatic carbocycles. The molecule has 7 heteroatoms. The van der Waals surface area contributed by atoms with E-state index in [0.717, 1.165) is 34.3 Å². The third kappa shape index (κ3) is 8.79. The number of carbonyl (C=O) groups is 2. The Morgan fingerprint density at radius 2 is 1.32 bits per heavy atom. The lowest BCUT2D eigenvalue weighted by molar-refractivity contribution is -0.139. The van der Waals surface area contributed by atoms with Gasteiger partial charge < -0.3 is 25.6 Å². The van der Waals surface area contributed by atoms with Crippen molar-refractivity contribution in [2.45, 2.75) is 115 Å². The van der Waals surface area contributed by atoms with Crippen LogP contribution in [0.3, 0.4) is 0 Å². The van der Waals surface area contributed by atoms with Crippen LogP contribution in [0.25, 0.3) is 11.1 Å². The largest absolute Gasteiger partial charge is 0.481 e. The fraction of sp³-hybridized carbons (Fsp3) is 0.588. The number of nitrogens with one attached hydrogen (secondary N) is 2. The highest BCUT2D eigenvalue weighted by Gasteiger charge is 2.31. The van der Waals surface area contributed by atoms with Crippen LogP contribution in [0.15, 0.2) is 48.5 Å². The minimum absolute atomic E-state index is 0.0559. The molecule has 224 valence electrons. The molecule has 0 radical (unpaired) electrons. The first kappa shape index (κ1) is 31.0. The number of fused-ring (bicyclic) bond motifs is 3. The summed E-state index contributed by atoms with van der Waals surface area (Å²) in [4.78, 5) is 23.2. The highest BCUT2D eigenvalue weighted by molar-refractivity contribution is 5.79. The van der Waals surface area contributed by atoms with Gasteiger partial charge in [-0.25, -0.2) is 4.79 Å². The fourth-order valence-electron chi connectivity index (χ4n) is 6.66. The van der Waals surface area contributed by atoms with E-state index in [1.165, 1.54) is 64.2 Å². The van der Waals surface area contributed by atoms with Crippen molar-refractivity contribution in [1.29, 1.82) is 0 Å². The quantitative estimate of drug-likeness (QED) is 0.272. The van der Waals surface area contributed by atoms with E-state index in [-0.39, 0.29) is 18.4 Å². The summed E-state index contributed by atoms with van der Waals surface area (Å²) in [7, 11) is 0. The third-order valence-corrected chi connectivity index (χ3v) is 8.83. The predicted octanol–water partition coefficient (Wildman–Crippen LogP) is 6.63. The van der Waals surface area contributed by atoms with Crippen LogP contribution < -0.4 is 10.6 Å². The van der Waals surface area contributed by atoms with Gasteiger partial charge in [-0.15, -0.1) is 0 Å². The number of carboxylic acids is 1. The van der Waals surface area contributed by atoms with Gasteiger partial charge in [-0.1, -0.05) is 101 Å². The lowest BCUT2D eigenvalue weighted by Crippen LogP contribution is -2.47. The van der Waals surface area contributed by atoms with Crippen LogP contribution in [0.2, 0.25) is 0 Å². The van der Waals surface area contributed by atoms with E-state index in [0.29, 0.717) is 0 Å². The molecule has 2 unspecified atom stereocenters. The zero-order valence-corrected chi connectivity index (χ0v) is 24.7. The molecule has 0 spiro atoms. The van der Waals surface area contributed by atoms with Gasteiger partial charge in [0.05, 0.1) is 18.6 Å². The smallest absolute Gasteiger partial charge is 0.407 e. The monoisotopic (exact) mass is 564 g/mol. The molecule has 3 aliphatic carbocycles. The molecule has 2 aromatic rings. The van der Waals surface area contributed by atoms with Gasteiger partial charge in [0.15, 0.2) is 0 Å². The molecule has 4 N–H and O–H groups in total. The number of benzene rings is 2. The lowest BCUT2D eigenvalue weighted by Gasteiger charge is -2.30. The van der Waals surface area contributed by atoms with E-state index >= 15 is 0 Å². The number of ether oxygens (including phenoxy) is 1. The number of carboxylic acid groups (broad SMARTS) is 1. The van der Waals surface area contributed by atoms with E-state index in [1.54, 1.807) is 13.8 Å². The Morgan fingerprint density at radius 1 is 0.829 bits per heavy atom. The first-order valence-corrected chi connectivity index (χ1v) is 15.6. The molecule has 3 aliphatic rings. The third-order valence-electron chi connectivity index (χ3n) is 8.83. The van der Waals surface area contributed by atoms with Crippen molar-refractivity contribution in [3.63, 3.8) is 0 Å². The Kier molecular flexibility index (Phi) is 11.6. The normalized spacial score (nSPS) is 18.9. The van der Waals surface area contributed by atoms with Gasteiger partial charge in [0.25, 0.3) is 0 Å². The van der Waals surface area contributed by atoms with E-state index in [2.05, 4.69) is 22.8 Å². The number of alkyl carbamates (subject to hydrolysis) is 1. The van der Waals surface area contributed by atoms with Gasteiger partial charge in [0, 0.05) is 18.0 Å². The number of aliphatic carboxylic acids is 1. The van der Waals surface area contributed by atoms with Crippen molar-refractivity contribution >= 4 is 12.1 Å². The minimum Gasteiger partial charge on any atom is -0.481 e. The SMILES string of the molecule is C1CCC(NC2CCCCC2)CC1.CC(C)C(NC(=O)OCC1c2ccccc2-c2ccccc21)C(O)CC(=O)O. The van der Waals surface area contributed by atoms with Crippen LogP contribution in [0, 0.1) is 5.92 Å². The van der Waals surface area contributed by atoms with Gasteiger partial charge in [-0.3, -0.25) is 4.79 Å². The highest BCUT2D eigenvalue weighted by atomic mass is 16.5. The molecule has 2 saturated carbocycles. The molecule has 0 saturated heterocycles. The van der Waals surface area contributed by atoms with Crippen molar-refractivity contribution in [3.8, 4) is 11.1 Å². The van der Waals surface area contributed by atoms with Crippen molar-refractivity contribution < 1.29 is 24.5 Å². The molecular weight excluding hydrogens is 516 g/mol. The topological polar surface area (TPSA) is 108 Å². The van der Waals surface area contributed by atoms with E-state index < -0.39 is 30.6 Å². The zero-order chi connectivity index (χ0) is 29.2. The second-order valence-electron chi connectivity index (χ2n) is 12.2. The average Bonchev–Trinajstić information content (AvgIpc) is 3.29. The number of carbonyl (C=O) groups excluding carboxylic acids is 1. The standard InChI is InChI=1S/C22H25NO5.C12H23N/c1-13(2)21(19(24)11-20(25)26)23-22(27)28-12-18-16-9-5-3-7-14(16)15-8-4-6-10-17(15)18;1-3-7-11(8-4-1)13-12-9-5-2-6-10-12/h3-10,13,18-19,21,24H,11-12H2,1-2H3,(H,23,27)(H,25,26);11-13H,1-10H2. The molecular formula is C34H48N2O5. The molecule has 0 aromatic heterocycles. The Hall–Kier alpha value is -2.90. The van der Waals surface area contributed by atoms with Crippen molar-refractivity contribution in [1.82, 2.24) is 10.6 Å². The number of rotatable bonds is 9. The first-order valence-electron chi connectivity index (χ1n) is 15.6. The van der Waals surface area contributed by atoms with Gasteiger partial charge in [0.1, 0.15) is 6.61 Å². The van der Waals surface area contributed by atoms with Gasteiger partial charge in [0.2, 0.25) is 0 Å². The summed E-state index contributed by atoms with van der Waals surface area (Å²) in [6.45, 7) is 3.78. The van der Waals surface area contributed by atoms with E-state index in [1.807, 2.05) is 36.4 Å². The molecule has 2 fully saturated rings. The molecule has 1 amide bonds. The molecule has 41 heavy (non-hydrogen) atoms. The Bertz CT molecular complexity index is 1060. The number of aliphatic hydroxyl groups is 1. The summed E-state index contributed by atoms with van der Waals surface area (Å²) in [6, 6.07) is 17.1. The maximum atomic E-state index is 12.3. The van der Waals surface area contributed by atoms with Crippen LogP contribution in [-0.4, -0.2) is 53.1 Å². The van der Waals surface area contributed by atoms with Crippen molar-refractivity contribution in [2.75, 3.05) is 6.61 Å². The van der Waals surface area contributed by atoms with Gasteiger partial charge in [-0.2, -0.15) is 0 Å². The molecule has 7 nitrogen and oxygen atoms in total. The molecule has 2 atom stereocenters. The summed E-state index contributed by atoms with van der Waals surface area (Å²) >= 11 is 0. The maximum Gasteiger partial charge on any atom is 0.407 e. The Balaban J connectivity index is 0.000000247. The lowest BCUT2D eigenvalue weighted by atomic mass is 9.91. The Labute approximate surface area is 245 Å². The first-order chi connectivity index (χ1) is 19.8. The predicted molar refractivity (Wildman–Crippen MR) is 162 cm³/mol. The van der Waals surface area contributed by atoms with E-state index in [9.17, 15) is 14.7 Å². The number of hydrogen-bond acceptors (Lipinski definition) is 5. The van der Waals surface area contributed by atoms with Crippen LogP contribution >= 0.6 is 0 Å². The fourth-order valence-corrected chi connectivity index (χ4v) is 6.66. The average molecular weight is 565 g/mol. The number of amides is 1. The van der Waals surface area contributed by atoms with E-state index in [4.69, 9.17) is 9.84 Å². The second-order valence-corrected chi connectivity index (χ2v) is 12.2. The molecule has 0 heterocycles. The summed E-state index contributed by atoms with van der Waals surface area (Å²) in [6.07, 6.45) is 12.3. The van der Waals surface area contributed by atoms with Crippen LogP contribution in [0.5, 0.6) is 0 Å². The van der Waals surface area contributed by atoms with Crippen LogP contribution in [0.4, 0.5) is 4.79 Å². The summed E-state index contributed by atoms with van der Waals surface area (Å²) < 4.78 is 5.47. The zero-order valence-electron chi connectivity index (χ0n) is 24.7. The molecule has 0 aliphatic heterocycles. The van der Waals surface area contributed by atoms with Crippen molar-refractivity contribution in [3.05, 3.63) is 59.7 Å². The Morgan fingerprint density at radius 3 is 1.78 bits per heavy atom. The van der Waals surface area contributed by atoms with Crippen LogP contribution in [0.1, 0.15) is 102 Å². The van der Waals surface area contributed by atoms with Gasteiger partial charge in [-0.05, 0) is 53.9 Å². The molecule has 5 rings (SSSR count). The summed E-state index contributed by atoms with van der Waals surface area (Å²) in [5.74, 6) is -1.32. The summed E-state index contributed by atoms with van der Waals surface area (Å²) in [5.41, 5.74) is 4.51. The summed E-state index contributed by atoms with van der Waals surface area (Å²) in [5, 5.41) is 25.4.